The molecule has 0 radical (unpaired) electrons. The monoisotopic (exact) mass is 252 g/mol. The number of halogens is 1. The number of rotatable bonds is 7. The average molecular weight is 252 g/mol. The molecular formula is C14H21FN2O. The van der Waals surface area contributed by atoms with Gasteiger partial charge < -0.3 is 11.1 Å². The molecule has 1 aromatic rings. The van der Waals surface area contributed by atoms with E-state index in [1.54, 1.807) is 0 Å². The van der Waals surface area contributed by atoms with Crippen molar-refractivity contribution in [3.8, 4) is 0 Å². The zero-order chi connectivity index (χ0) is 13.5. The molecule has 4 heteroatoms. The molecule has 0 aliphatic rings. The normalized spacial score (nSPS) is 10.7. The van der Waals surface area contributed by atoms with Gasteiger partial charge in [0.2, 0.25) is 5.91 Å². The molecule has 0 atom stereocenters. The Bertz CT molecular complexity index is 401. The first-order valence-corrected chi connectivity index (χ1v) is 6.44. The Balaban J connectivity index is 2.86. The minimum atomic E-state index is -0.541. The largest absolute Gasteiger partial charge is 0.380 e. The zero-order valence-electron chi connectivity index (χ0n) is 11.0. The molecule has 100 valence electrons. The van der Waals surface area contributed by atoms with Crippen molar-refractivity contribution in [1.82, 2.24) is 0 Å². The summed E-state index contributed by atoms with van der Waals surface area (Å²) in [6.45, 7) is 4.20. The van der Waals surface area contributed by atoms with Crippen LogP contribution in [0, 0.1) is 5.82 Å². The van der Waals surface area contributed by atoms with Crippen LogP contribution < -0.4 is 11.1 Å². The highest BCUT2D eigenvalue weighted by Gasteiger charge is 2.11. The third-order valence-corrected chi connectivity index (χ3v) is 2.88. The Hall–Kier alpha value is -1.58. The number of primary amides is 1. The van der Waals surface area contributed by atoms with Gasteiger partial charge in [0.15, 0.2) is 0 Å². The summed E-state index contributed by atoms with van der Waals surface area (Å²) in [5.74, 6) is -0.891. The SMILES string of the molecule is CCCC(CCC)Nc1cc(C(N)=O)ccc1F. The lowest BCUT2D eigenvalue weighted by atomic mass is 10.1. The lowest BCUT2D eigenvalue weighted by Gasteiger charge is -2.19. The van der Waals surface area contributed by atoms with Gasteiger partial charge in [-0.2, -0.15) is 0 Å². The Morgan fingerprint density at radius 3 is 2.44 bits per heavy atom. The second-order valence-electron chi connectivity index (χ2n) is 4.48. The van der Waals surface area contributed by atoms with Crippen LogP contribution >= 0.6 is 0 Å². The van der Waals surface area contributed by atoms with Gasteiger partial charge in [-0.25, -0.2) is 4.39 Å². The van der Waals surface area contributed by atoms with E-state index in [9.17, 15) is 9.18 Å². The molecule has 1 rings (SSSR count). The summed E-state index contributed by atoms with van der Waals surface area (Å²) in [5, 5.41) is 3.16. The van der Waals surface area contributed by atoms with Crippen LogP contribution in [0.3, 0.4) is 0 Å². The van der Waals surface area contributed by atoms with E-state index in [1.807, 2.05) is 0 Å². The standard InChI is InChI=1S/C14H21FN2O/c1-3-5-11(6-4-2)17-13-9-10(14(16)18)7-8-12(13)15/h7-9,11,17H,3-6H2,1-2H3,(H2,16,18). The van der Waals surface area contributed by atoms with Gasteiger partial charge in [-0.3, -0.25) is 4.79 Å². The van der Waals surface area contributed by atoms with Crippen molar-refractivity contribution in [3.63, 3.8) is 0 Å². The second kappa shape index (κ2) is 6.99. The van der Waals surface area contributed by atoms with Crippen molar-refractivity contribution >= 4 is 11.6 Å². The van der Waals surface area contributed by atoms with Gasteiger partial charge in [-0.05, 0) is 31.0 Å². The number of hydrogen-bond donors (Lipinski definition) is 2. The van der Waals surface area contributed by atoms with E-state index >= 15 is 0 Å². The van der Waals surface area contributed by atoms with E-state index in [0.717, 1.165) is 25.7 Å². The fraction of sp³-hybridized carbons (Fsp3) is 0.500. The Morgan fingerprint density at radius 1 is 1.33 bits per heavy atom. The van der Waals surface area contributed by atoms with Crippen molar-refractivity contribution < 1.29 is 9.18 Å². The number of carbonyl (C=O) groups is 1. The molecule has 18 heavy (non-hydrogen) atoms. The molecule has 3 N–H and O–H groups in total. The molecule has 0 aromatic heterocycles. The van der Waals surface area contributed by atoms with E-state index in [1.165, 1.54) is 18.2 Å². The van der Waals surface area contributed by atoms with Crippen molar-refractivity contribution in [3.05, 3.63) is 29.6 Å². The second-order valence-corrected chi connectivity index (χ2v) is 4.48. The summed E-state index contributed by atoms with van der Waals surface area (Å²) in [6, 6.07) is 4.39. The quantitative estimate of drug-likeness (QED) is 0.782. The van der Waals surface area contributed by atoms with E-state index < -0.39 is 5.91 Å². The molecule has 0 saturated carbocycles. The highest BCUT2D eigenvalue weighted by Crippen LogP contribution is 2.19. The van der Waals surface area contributed by atoms with E-state index in [2.05, 4.69) is 19.2 Å². The van der Waals surface area contributed by atoms with Crippen molar-refractivity contribution in [2.75, 3.05) is 5.32 Å². The third-order valence-electron chi connectivity index (χ3n) is 2.88. The van der Waals surface area contributed by atoms with Crippen molar-refractivity contribution in [1.29, 1.82) is 0 Å². The number of amides is 1. The molecule has 0 fully saturated rings. The van der Waals surface area contributed by atoms with E-state index in [0.29, 0.717) is 11.3 Å². The van der Waals surface area contributed by atoms with Gasteiger partial charge >= 0.3 is 0 Å². The maximum absolute atomic E-state index is 13.7. The topological polar surface area (TPSA) is 55.1 Å². The number of benzene rings is 1. The number of anilines is 1. The molecule has 0 saturated heterocycles. The number of nitrogens with two attached hydrogens (primary N) is 1. The first-order valence-electron chi connectivity index (χ1n) is 6.44. The fourth-order valence-electron chi connectivity index (χ4n) is 1.99. The van der Waals surface area contributed by atoms with Crippen LogP contribution in [0.2, 0.25) is 0 Å². The predicted molar refractivity (Wildman–Crippen MR) is 72.1 cm³/mol. The molecule has 3 nitrogen and oxygen atoms in total. The summed E-state index contributed by atoms with van der Waals surface area (Å²) < 4.78 is 13.7. The van der Waals surface area contributed by atoms with Crippen molar-refractivity contribution in [2.45, 2.75) is 45.6 Å². The fourth-order valence-corrected chi connectivity index (χ4v) is 1.99. The lowest BCUT2D eigenvalue weighted by Crippen LogP contribution is -2.20. The molecule has 0 heterocycles. The first-order chi connectivity index (χ1) is 8.58. The molecule has 1 aromatic carbocycles. The first kappa shape index (κ1) is 14.5. The predicted octanol–water partition coefficient (Wildman–Crippen LogP) is 3.31. The van der Waals surface area contributed by atoms with Crippen LogP contribution in [0.15, 0.2) is 18.2 Å². The van der Waals surface area contributed by atoms with Crippen LogP contribution in [0.5, 0.6) is 0 Å². The van der Waals surface area contributed by atoms with E-state index in [4.69, 9.17) is 5.73 Å². The summed E-state index contributed by atoms with van der Waals surface area (Å²) in [6.07, 6.45) is 4.03. The smallest absolute Gasteiger partial charge is 0.248 e. The molecular weight excluding hydrogens is 231 g/mol. The molecule has 0 aliphatic carbocycles. The van der Waals surface area contributed by atoms with Crippen LogP contribution in [0.4, 0.5) is 10.1 Å². The molecule has 0 spiro atoms. The van der Waals surface area contributed by atoms with Gasteiger partial charge in [-0.1, -0.05) is 26.7 Å². The molecule has 0 unspecified atom stereocenters. The molecule has 0 bridgehead atoms. The summed E-state index contributed by atoms with van der Waals surface area (Å²) in [4.78, 5) is 11.1. The van der Waals surface area contributed by atoms with Gasteiger partial charge in [0.05, 0.1) is 5.69 Å². The summed E-state index contributed by atoms with van der Waals surface area (Å²) >= 11 is 0. The average Bonchev–Trinajstić information content (AvgIpc) is 2.32. The number of carbonyl (C=O) groups excluding carboxylic acids is 1. The summed E-state index contributed by atoms with van der Waals surface area (Å²) in [5.41, 5.74) is 5.88. The van der Waals surface area contributed by atoms with Gasteiger partial charge in [0, 0.05) is 11.6 Å². The highest BCUT2D eigenvalue weighted by molar-refractivity contribution is 5.93. The Morgan fingerprint density at radius 2 is 1.94 bits per heavy atom. The van der Waals surface area contributed by atoms with Crippen molar-refractivity contribution in [2.24, 2.45) is 5.73 Å². The molecule has 1 amide bonds. The molecule has 0 aliphatic heterocycles. The lowest BCUT2D eigenvalue weighted by molar-refractivity contribution is 0.100. The maximum atomic E-state index is 13.7. The zero-order valence-corrected chi connectivity index (χ0v) is 11.0. The third kappa shape index (κ3) is 4.02. The van der Waals surface area contributed by atoms with Gasteiger partial charge in [0.25, 0.3) is 0 Å². The van der Waals surface area contributed by atoms with E-state index in [-0.39, 0.29) is 11.9 Å². The summed E-state index contributed by atoms with van der Waals surface area (Å²) in [7, 11) is 0. The van der Waals surface area contributed by atoms with Crippen LogP contribution in [-0.2, 0) is 0 Å². The highest BCUT2D eigenvalue weighted by atomic mass is 19.1. The van der Waals surface area contributed by atoms with Gasteiger partial charge in [-0.15, -0.1) is 0 Å². The minimum Gasteiger partial charge on any atom is -0.380 e. The van der Waals surface area contributed by atoms with Crippen LogP contribution in [-0.4, -0.2) is 11.9 Å². The van der Waals surface area contributed by atoms with Crippen LogP contribution in [0.25, 0.3) is 0 Å². The van der Waals surface area contributed by atoms with Crippen LogP contribution in [0.1, 0.15) is 49.9 Å². The Labute approximate surface area is 108 Å². The Kier molecular flexibility index (Phi) is 5.62. The number of nitrogens with one attached hydrogen (secondary N) is 1. The number of hydrogen-bond acceptors (Lipinski definition) is 2. The maximum Gasteiger partial charge on any atom is 0.248 e. The van der Waals surface area contributed by atoms with Gasteiger partial charge in [0.1, 0.15) is 5.82 Å². The minimum absolute atomic E-state index is 0.234.